The van der Waals surface area contributed by atoms with Crippen molar-refractivity contribution in [2.75, 3.05) is 40.6 Å². The van der Waals surface area contributed by atoms with Crippen molar-refractivity contribution in [1.29, 1.82) is 0 Å². The van der Waals surface area contributed by atoms with E-state index in [4.69, 9.17) is 17.1 Å². The van der Waals surface area contributed by atoms with E-state index in [-0.39, 0.29) is 69.9 Å². The molecule has 0 aliphatic carbocycles. The Balaban J connectivity index is -0.0000000238. The van der Waals surface area contributed by atoms with Crippen molar-refractivity contribution in [3.05, 3.63) is 0 Å². The Bertz CT molecular complexity index is 87.0. The quantitative estimate of drug-likeness (QED) is 0.331. The Morgan fingerprint density at radius 2 is 1.31 bits per heavy atom. The van der Waals surface area contributed by atoms with Crippen LogP contribution in [0.5, 0.6) is 0 Å². The number of hydrogen-bond donors (Lipinski definition) is 0. The second kappa shape index (κ2) is 19.5. The first-order valence-corrected chi connectivity index (χ1v) is 4.39. The molecule has 0 radical (unpaired) electrons. The molecular weight excluding hydrogens is 213 g/mol. The summed E-state index contributed by atoms with van der Waals surface area (Å²) in [7, 11) is 3.29. The third kappa shape index (κ3) is 20.1. The molecule has 0 heterocycles. The van der Waals surface area contributed by atoms with Gasteiger partial charge in [-0.2, -0.15) is 0 Å². The topological polar surface area (TPSA) is 36.9 Å². The predicted molar refractivity (Wildman–Crippen MR) is 52.7 cm³/mol. The molecule has 0 spiro atoms. The molecule has 0 aliphatic rings. The summed E-state index contributed by atoms with van der Waals surface area (Å²) >= 11 is -0.349. The van der Waals surface area contributed by atoms with Crippen molar-refractivity contribution in [3.8, 4) is 0 Å². The molecule has 4 nitrogen and oxygen atoms in total. The number of ether oxygens (including phenoxy) is 2. The van der Waals surface area contributed by atoms with Crippen LogP contribution < -0.4 is 29.6 Å². The third-order valence-electron chi connectivity index (χ3n) is 0.947. The van der Waals surface area contributed by atoms with Gasteiger partial charge in [0.1, 0.15) is 0 Å². The van der Waals surface area contributed by atoms with Crippen molar-refractivity contribution < 1.29 is 53.7 Å². The van der Waals surface area contributed by atoms with Crippen LogP contribution in [0.3, 0.4) is 0 Å². The molecule has 0 unspecified atom stereocenters. The summed E-state index contributed by atoms with van der Waals surface area (Å²) in [5.74, 6) is 0. The predicted octanol–water partition coefficient (Wildman–Crippen LogP) is -2.97. The Morgan fingerprint density at radius 1 is 0.923 bits per heavy atom. The molecule has 0 rings (SSSR count). The summed E-state index contributed by atoms with van der Waals surface area (Å²) in [6.07, 6.45) is 0. The zero-order valence-electron chi connectivity index (χ0n) is 13.6. The maximum atomic E-state index is 5.10. The van der Waals surface area contributed by atoms with Crippen LogP contribution in [0.15, 0.2) is 0 Å². The van der Waals surface area contributed by atoms with Gasteiger partial charge < -0.3 is 7.13 Å². The average molecular weight is 232 g/mol. The van der Waals surface area contributed by atoms with E-state index in [1.807, 2.05) is 0 Å². The third-order valence-corrected chi connectivity index (χ3v) is 1.69. The van der Waals surface area contributed by atoms with Crippen molar-refractivity contribution >= 4 is 33.2 Å². The molecule has 0 atom stereocenters. The van der Waals surface area contributed by atoms with Crippen molar-refractivity contribution in [2.24, 2.45) is 0 Å². The zero-order valence-corrected chi connectivity index (χ0v) is 12.9. The fraction of sp³-hybridized carbons (Fsp3) is 1.00. The van der Waals surface area contributed by atoms with Crippen LogP contribution in [-0.2, 0) is 17.1 Å². The van der Waals surface area contributed by atoms with Gasteiger partial charge in [0.25, 0.3) is 0 Å². The smallest absolute Gasteiger partial charge is 1.00 e. The number of rotatable bonds is 8. The summed E-state index contributed by atoms with van der Waals surface area (Å²) in [5.41, 5.74) is 0. The normalized spacial score (nSPS) is 8.15. The minimum Gasteiger partial charge on any atom is -1.00 e. The van der Waals surface area contributed by atoms with Gasteiger partial charge in [0, 0.05) is 0 Å². The first-order valence-electron chi connectivity index (χ1n) is 3.44. The van der Waals surface area contributed by atoms with Crippen molar-refractivity contribution in [3.63, 3.8) is 0 Å². The molecule has 13 heavy (non-hydrogen) atoms. The average Bonchev–Trinajstić information content (AvgIpc) is 2.03. The molecule has 0 aromatic carbocycles. The molecular formula is C6H19Al2NaO4. The Labute approximate surface area is 127 Å². The van der Waals surface area contributed by atoms with Gasteiger partial charge in [-0.05, 0) is 0 Å². The summed E-state index contributed by atoms with van der Waals surface area (Å²) in [6, 6.07) is 0. The van der Waals surface area contributed by atoms with Crippen LogP contribution in [0, 0.1) is 0 Å². The minimum absolute atomic E-state index is 0. The van der Waals surface area contributed by atoms with E-state index >= 15 is 0 Å². The van der Waals surface area contributed by atoms with E-state index in [0.717, 1.165) is 0 Å². The summed E-state index contributed by atoms with van der Waals surface area (Å²) < 4.78 is 19.8. The van der Waals surface area contributed by atoms with Gasteiger partial charge in [-0.1, -0.05) is 0 Å². The van der Waals surface area contributed by atoms with Gasteiger partial charge in [0.05, 0.1) is 0 Å². The van der Waals surface area contributed by atoms with Crippen molar-refractivity contribution in [2.45, 2.75) is 0 Å². The van der Waals surface area contributed by atoms with E-state index < -0.39 is 0 Å². The molecule has 0 fully saturated rings. The standard InChI is InChI=1S/2C3H7O2.2Al.Na.5H/c2*1-5-3-2-4;;;;;;;;/h2*2-3H2,1H3;;;;;;;;/q2*-1;2*+3;+1;5*-1. The van der Waals surface area contributed by atoms with Crippen LogP contribution >= 0.6 is 0 Å². The van der Waals surface area contributed by atoms with Crippen LogP contribution in [0.1, 0.15) is 7.13 Å². The Hall–Kier alpha value is 1.90. The minimum atomic E-state index is -0.349. The SMILES string of the molecule is COCC[O][Al+][O]CCOC.[Al+3].[H-].[H-].[H-].[H-].[H-].[Na+]. The Morgan fingerprint density at radius 3 is 1.62 bits per heavy atom. The maximum absolute atomic E-state index is 5.10. The molecule has 7 heteroatoms. The summed E-state index contributed by atoms with van der Waals surface area (Å²) in [5, 5.41) is 0. The van der Waals surface area contributed by atoms with E-state index in [2.05, 4.69) is 0 Å². The van der Waals surface area contributed by atoms with Crippen LogP contribution in [0.25, 0.3) is 0 Å². The second-order valence-electron chi connectivity index (χ2n) is 1.82. The largest absolute Gasteiger partial charge is 3.00 e. The number of hydrogen-bond acceptors (Lipinski definition) is 4. The monoisotopic (exact) mass is 232 g/mol. The molecule has 0 aromatic heterocycles. The van der Waals surface area contributed by atoms with Gasteiger partial charge in [-0.15, -0.1) is 0 Å². The summed E-state index contributed by atoms with van der Waals surface area (Å²) in [6.45, 7) is 2.47. The van der Waals surface area contributed by atoms with Crippen molar-refractivity contribution in [1.82, 2.24) is 0 Å². The molecule has 0 bridgehead atoms. The molecule has 0 aliphatic heterocycles. The number of methoxy groups -OCH3 is 2. The van der Waals surface area contributed by atoms with Gasteiger partial charge in [0.15, 0.2) is 0 Å². The van der Waals surface area contributed by atoms with E-state index in [0.29, 0.717) is 26.4 Å². The van der Waals surface area contributed by atoms with Crippen LogP contribution in [0.4, 0.5) is 0 Å². The fourth-order valence-corrected chi connectivity index (χ4v) is 0.888. The van der Waals surface area contributed by atoms with E-state index in [1.165, 1.54) is 0 Å². The second-order valence-corrected chi connectivity index (χ2v) is 2.68. The molecule has 0 amide bonds. The first-order chi connectivity index (χ1) is 5.41. The van der Waals surface area contributed by atoms with Gasteiger partial charge >= 0.3 is 121 Å². The molecule has 0 aromatic rings. The van der Waals surface area contributed by atoms with E-state index in [9.17, 15) is 0 Å². The van der Waals surface area contributed by atoms with Gasteiger partial charge in [-0.3, -0.25) is 0 Å². The first kappa shape index (κ1) is 20.3. The van der Waals surface area contributed by atoms with Crippen LogP contribution in [-0.4, -0.2) is 73.9 Å². The van der Waals surface area contributed by atoms with Crippen LogP contribution in [0.2, 0.25) is 0 Å². The van der Waals surface area contributed by atoms with Gasteiger partial charge in [0.2, 0.25) is 0 Å². The maximum Gasteiger partial charge on any atom is 3.00 e. The van der Waals surface area contributed by atoms with E-state index in [1.54, 1.807) is 14.2 Å². The molecule has 0 saturated heterocycles. The Kier molecular flexibility index (Phi) is 30.5. The zero-order chi connectivity index (χ0) is 8.36. The molecule has 0 N–H and O–H groups in total. The fourth-order valence-electron chi connectivity index (χ4n) is 0.407. The summed E-state index contributed by atoms with van der Waals surface area (Å²) in [4.78, 5) is 0. The molecule has 74 valence electrons. The molecule has 0 saturated carbocycles. The van der Waals surface area contributed by atoms with Gasteiger partial charge in [-0.25, -0.2) is 0 Å².